The van der Waals surface area contributed by atoms with Crippen molar-refractivity contribution < 1.29 is 4.79 Å². The Hall–Kier alpha value is -2.63. The van der Waals surface area contributed by atoms with Crippen molar-refractivity contribution in [3.63, 3.8) is 0 Å². The van der Waals surface area contributed by atoms with Crippen LogP contribution in [-0.2, 0) is 0 Å². The molecule has 2 unspecified atom stereocenters. The Labute approximate surface area is 173 Å². The molecule has 154 valence electrons. The van der Waals surface area contributed by atoms with E-state index in [0.29, 0.717) is 23.7 Å². The number of nitrogens with one attached hydrogen (secondary N) is 2. The fraction of sp³-hybridized carbons (Fsp3) is 0.522. The van der Waals surface area contributed by atoms with Crippen LogP contribution in [-0.4, -0.2) is 40.9 Å². The Morgan fingerprint density at radius 2 is 2.00 bits per heavy atom. The molecule has 1 aromatic heterocycles. The minimum Gasteiger partial charge on any atom is -0.335 e. The standard InChI is InChI=1S/C23H31N5O/c1-15(2)22-19-13-16(9-10-20(19)27-28(22)3)17-11-12-24-21(14-17)26-23(29)25-18-7-5-4-6-8-18/h9-15,18-19,22H,4-8H2,1-3H3,(H2,24,25,26,29). The van der Waals surface area contributed by atoms with Gasteiger partial charge in [0.2, 0.25) is 0 Å². The number of hydrogen-bond acceptors (Lipinski definition) is 4. The van der Waals surface area contributed by atoms with Crippen molar-refractivity contribution in [1.29, 1.82) is 0 Å². The molecular formula is C23H31N5O. The third-order valence-electron chi connectivity index (χ3n) is 6.17. The minimum absolute atomic E-state index is 0.165. The van der Waals surface area contributed by atoms with E-state index >= 15 is 0 Å². The van der Waals surface area contributed by atoms with Gasteiger partial charge in [0.15, 0.2) is 0 Å². The summed E-state index contributed by atoms with van der Waals surface area (Å²) in [5.41, 5.74) is 3.32. The van der Waals surface area contributed by atoms with Gasteiger partial charge in [-0.05, 0) is 48.1 Å². The van der Waals surface area contributed by atoms with E-state index in [1.807, 2.05) is 12.1 Å². The number of nitrogens with zero attached hydrogens (tertiary/aromatic N) is 3. The van der Waals surface area contributed by atoms with Crippen LogP contribution in [0.3, 0.4) is 0 Å². The number of urea groups is 1. The molecule has 29 heavy (non-hydrogen) atoms. The quantitative estimate of drug-likeness (QED) is 0.795. The predicted octanol–water partition coefficient (Wildman–Crippen LogP) is 4.43. The molecule has 2 heterocycles. The normalized spacial score (nSPS) is 24.2. The Morgan fingerprint density at radius 1 is 1.21 bits per heavy atom. The van der Waals surface area contributed by atoms with Crippen LogP contribution in [0.25, 0.3) is 5.57 Å². The summed E-state index contributed by atoms with van der Waals surface area (Å²) >= 11 is 0. The molecule has 0 spiro atoms. The van der Waals surface area contributed by atoms with Gasteiger partial charge in [-0.2, -0.15) is 5.10 Å². The Kier molecular flexibility index (Phi) is 5.69. The van der Waals surface area contributed by atoms with Crippen LogP contribution in [0.2, 0.25) is 0 Å². The highest BCUT2D eigenvalue weighted by Gasteiger charge is 2.36. The summed E-state index contributed by atoms with van der Waals surface area (Å²) in [5.74, 6) is 1.38. The first-order chi connectivity index (χ1) is 14.0. The van der Waals surface area contributed by atoms with Gasteiger partial charge < -0.3 is 5.32 Å². The second kappa shape index (κ2) is 8.39. The Morgan fingerprint density at radius 3 is 2.76 bits per heavy atom. The van der Waals surface area contributed by atoms with Gasteiger partial charge in [0.1, 0.15) is 5.82 Å². The van der Waals surface area contributed by atoms with Crippen molar-refractivity contribution in [2.45, 2.75) is 58.0 Å². The van der Waals surface area contributed by atoms with Crippen LogP contribution >= 0.6 is 0 Å². The SMILES string of the molecule is CC(C)C1C2C=C(c3ccnc(NC(=O)NC4CCCCC4)c3)C=CC2=NN1C. The topological polar surface area (TPSA) is 69.6 Å². The maximum atomic E-state index is 12.4. The van der Waals surface area contributed by atoms with Crippen molar-refractivity contribution in [2.24, 2.45) is 16.9 Å². The summed E-state index contributed by atoms with van der Waals surface area (Å²) in [5, 5.41) is 12.8. The second-order valence-electron chi connectivity index (χ2n) is 8.68. The van der Waals surface area contributed by atoms with E-state index in [1.165, 1.54) is 19.3 Å². The highest BCUT2D eigenvalue weighted by molar-refractivity contribution is 6.05. The number of pyridine rings is 1. The van der Waals surface area contributed by atoms with E-state index in [-0.39, 0.29) is 12.1 Å². The van der Waals surface area contributed by atoms with E-state index in [2.05, 4.69) is 59.7 Å². The lowest BCUT2D eigenvalue weighted by atomic mass is 9.82. The van der Waals surface area contributed by atoms with Crippen LogP contribution in [0.1, 0.15) is 51.5 Å². The monoisotopic (exact) mass is 393 g/mol. The van der Waals surface area contributed by atoms with Gasteiger partial charge in [-0.15, -0.1) is 0 Å². The summed E-state index contributed by atoms with van der Waals surface area (Å²) in [6.07, 6.45) is 14.1. The lowest BCUT2D eigenvalue weighted by molar-refractivity contribution is 0.206. The highest BCUT2D eigenvalue weighted by Crippen LogP contribution is 2.34. The predicted molar refractivity (Wildman–Crippen MR) is 118 cm³/mol. The molecule has 4 rings (SSSR count). The molecule has 3 aliphatic rings. The number of fused-ring (bicyclic) bond motifs is 1. The van der Waals surface area contributed by atoms with Crippen LogP contribution in [0, 0.1) is 11.8 Å². The smallest absolute Gasteiger partial charge is 0.320 e. The number of hydrazone groups is 1. The number of anilines is 1. The van der Waals surface area contributed by atoms with Crippen LogP contribution in [0.4, 0.5) is 10.6 Å². The van der Waals surface area contributed by atoms with Crippen LogP contribution in [0.15, 0.2) is 41.7 Å². The second-order valence-corrected chi connectivity index (χ2v) is 8.68. The summed E-state index contributed by atoms with van der Waals surface area (Å²) in [6, 6.07) is 4.42. The largest absolute Gasteiger partial charge is 0.335 e. The molecule has 0 saturated heterocycles. The number of rotatable bonds is 4. The van der Waals surface area contributed by atoms with Gasteiger partial charge >= 0.3 is 6.03 Å². The fourth-order valence-corrected chi connectivity index (χ4v) is 4.78. The van der Waals surface area contributed by atoms with Crippen molar-refractivity contribution in [3.8, 4) is 0 Å². The van der Waals surface area contributed by atoms with Gasteiger partial charge in [0.05, 0.1) is 11.8 Å². The lowest BCUT2D eigenvalue weighted by Gasteiger charge is -2.28. The van der Waals surface area contributed by atoms with E-state index in [9.17, 15) is 4.79 Å². The van der Waals surface area contributed by atoms with Gasteiger partial charge in [-0.25, -0.2) is 9.78 Å². The van der Waals surface area contributed by atoms with E-state index in [4.69, 9.17) is 5.10 Å². The zero-order chi connectivity index (χ0) is 20.4. The van der Waals surface area contributed by atoms with E-state index in [1.54, 1.807) is 6.20 Å². The molecule has 2 amide bonds. The highest BCUT2D eigenvalue weighted by atomic mass is 16.2. The number of carbonyl (C=O) groups excluding carboxylic acids is 1. The molecule has 1 aliphatic heterocycles. The van der Waals surface area contributed by atoms with Crippen molar-refractivity contribution in [2.75, 3.05) is 12.4 Å². The summed E-state index contributed by atoms with van der Waals surface area (Å²) < 4.78 is 0. The van der Waals surface area contributed by atoms with E-state index < -0.39 is 0 Å². The van der Waals surface area contributed by atoms with Crippen LogP contribution in [0.5, 0.6) is 0 Å². The molecule has 2 atom stereocenters. The molecular weight excluding hydrogens is 362 g/mol. The van der Waals surface area contributed by atoms with Gasteiger partial charge in [0, 0.05) is 25.2 Å². The Balaban J connectivity index is 1.46. The average Bonchev–Trinajstić information content (AvgIpc) is 3.04. The maximum Gasteiger partial charge on any atom is 0.320 e. The first-order valence-electron chi connectivity index (χ1n) is 10.8. The number of allylic oxidation sites excluding steroid dienone is 3. The number of hydrogen-bond donors (Lipinski definition) is 2. The fourth-order valence-electron chi connectivity index (χ4n) is 4.78. The molecule has 2 aliphatic carbocycles. The number of aromatic nitrogens is 1. The van der Waals surface area contributed by atoms with Crippen molar-refractivity contribution in [1.82, 2.24) is 15.3 Å². The molecule has 1 fully saturated rings. The molecule has 0 aromatic carbocycles. The van der Waals surface area contributed by atoms with E-state index in [0.717, 1.165) is 29.7 Å². The molecule has 1 saturated carbocycles. The molecule has 0 bridgehead atoms. The molecule has 2 N–H and O–H groups in total. The zero-order valence-corrected chi connectivity index (χ0v) is 17.6. The third-order valence-corrected chi connectivity index (χ3v) is 6.17. The first kappa shape index (κ1) is 19.7. The molecule has 6 heteroatoms. The number of carbonyl (C=O) groups is 1. The van der Waals surface area contributed by atoms with Crippen molar-refractivity contribution >= 4 is 23.1 Å². The number of amides is 2. The van der Waals surface area contributed by atoms with Crippen LogP contribution < -0.4 is 10.6 Å². The zero-order valence-electron chi connectivity index (χ0n) is 17.6. The minimum atomic E-state index is -0.165. The lowest BCUT2D eigenvalue weighted by Crippen LogP contribution is -2.39. The summed E-state index contributed by atoms with van der Waals surface area (Å²) in [6.45, 7) is 4.48. The maximum absolute atomic E-state index is 12.4. The Bertz CT molecular complexity index is 851. The molecule has 1 aromatic rings. The van der Waals surface area contributed by atoms with Gasteiger partial charge in [-0.3, -0.25) is 10.3 Å². The summed E-state index contributed by atoms with van der Waals surface area (Å²) in [7, 11) is 2.05. The average molecular weight is 394 g/mol. The van der Waals surface area contributed by atoms with Gasteiger partial charge in [0.25, 0.3) is 0 Å². The molecule has 0 radical (unpaired) electrons. The molecule has 6 nitrogen and oxygen atoms in total. The van der Waals surface area contributed by atoms with Gasteiger partial charge in [-0.1, -0.05) is 45.3 Å². The first-order valence-corrected chi connectivity index (χ1v) is 10.8. The summed E-state index contributed by atoms with van der Waals surface area (Å²) in [4.78, 5) is 16.7. The third kappa shape index (κ3) is 4.36. The van der Waals surface area contributed by atoms with Crippen molar-refractivity contribution in [3.05, 3.63) is 42.1 Å².